The molecule has 1 amide bonds. The van der Waals surface area contributed by atoms with Gasteiger partial charge in [0.15, 0.2) is 0 Å². The Labute approximate surface area is 163 Å². The highest BCUT2D eigenvalue weighted by molar-refractivity contribution is 9.10. The minimum absolute atomic E-state index is 0.118. The van der Waals surface area contributed by atoms with Gasteiger partial charge in [-0.05, 0) is 24.6 Å². The fourth-order valence-electron chi connectivity index (χ4n) is 3.05. The summed E-state index contributed by atoms with van der Waals surface area (Å²) < 4.78 is 0.792. The number of amides is 1. The molecule has 3 rings (SSSR count). The van der Waals surface area contributed by atoms with E-state index in [2.05, 4.69) is 15.9 Å². The molecule has 0 radical (unpaired) electrons. The maximum atomic E-state index is 12.6. The molecule has 0 unspecified atom stereocenters. The van der Waals surface area contributed by atoms with E-state index in [9.17, 15) is 19.5 Å². The van der Waals surface area contributed by atoms with E-state index in [1.807, 2.05) is 6.92 Å². The second-order valence-electron chi connectivity index (χ2n) is 6.24. The van der Waals surface area contributed by atoms with Gasteiger partial charge in [0.1, 0.15) is 12.3 Å². The summed E-state index contributed by atoms with van der Waals surface area (Å²) in [6.45, 7) is 1.24. The summed E-state index contributed by atoms with van der Waals surface area (Å²) in [5.41, 5.74) is 1.78. The molecular weight excluding hydrogens is 414 g/mol. The number of halogens is 1. The highest BCUT2D eigenvalue weighted by atomic mass is 79.9. The van der Waals surface area contributed by atoms with Crippen LogP contribution in [0.2, 0.25) is 0 Å². The van der Waals surface area contributed by atoms with Crippen molar-refractivity contribution < 1.29 is 24.6 Å². The summed E-state index contributed by atoms with van der Waals surface area (Å²) in [6, 6.07) is 12.7. The Kier molecular flexibility index (Phi) is 5.14. The zero-order chi connectivity index (χ0) is 19.7. The number of carboxylic acids is 1. The van der Waals surface area contributed by atoms with Gasteiger partial charge in [0, 0.05) is 10.0 Å². The van der Waals surface area contributed by atoms with Crippen molar-refractivity contribution in [3.63, 3.8) is 0 Å². The standard InChI is InChI=1S/C20H16BrNO5/c1-11-2-4-13(5-3-11)18(25)16-17(12-6-8-14(21)9-7-12)22(10-15(23)24)20(27)19(16)26/h2-9,17,25H,10H2,1H3,(H,23,24)/t17-/m1/s1. The molecule has 0 saturated carbocycles. The van der Waals surface area contributed by atoms with Crippen LogP contribution in [-0.2, 0) is 14.4 Å². The van der Waals surface area contributed by atoms with Crippen LogP contribution < -0.4 is 0 Å². The number of nitrogens with zero attached hydrogens (tertiary/aromatic N) is 1. The summed E-state index contributed by atoms with van der Waals surface area (Å²) in [5, 5.41) is 19.9. The van der Waals surface area contributed by atoms with Crippen molar-refractivity contribution in [3.05, 3.63) is 75.3 Å². The number of carbonyl (C=O) groups is 3. The van der Waals surface area contributed by atoms with E-state index in [0.29, 0.717) is 11.1 Å². The third kappa shape index (κ3) is 3.64. The number of hydrogen-bond acceptors (Lipinski definition) is 4. The normalized spacial score (nSPS) is 18.7. The van der Waals surface area contributed by atoms with E-state index in [4.69, 9.17) is 5.11 Å². The van der Waals surface area contributed by atoms with Gasteiger partial charge < -0.3 is 15.1 Å². The largest absolute Gasteiger partial charge is 0.507 e. The maximum Gasteiger partial charge on any atom is 0.323 e. The van der Waals surface area contributed by atoms with E-state index in [0.717, 1.165) is 14.9 Å². The molecule has 2 aromatic rings. The molecule has 138 valence electrons. The van der Waals surface area contributed by atoms with Crippen LogP contribution in [0.3, 0.4) is 0 Å². The number of carbonyl (C=O) groups excluding carboxylic acids is 2. The van der Waals surface area contributed by atoms with Crippen molar-refractivity contribution in [2.24, 2.45) is 0 Å². The van der Waals surface area contributed by atoms with Gasteiger partial charge in [0.25, 0.3) is 11.7 Å². The smallest absolute Gasteiger partial charge is 0.323 e. The third-order valence-corrected chi connectivity index (χ3v) is 4.88. The number of hydrogen-bond donors (Lipinski definition) is 2. The topological polar surface area (TPSA) is 94.9 Å². The van der Waals surface area contributed by atoms with Crippen molar-refractivity contribution in [2.45, 2.75) is 13.0 Å². The Hall–Kier alpha value is -2.93. The summed E-state index contributed by atoms with van der Waals surface area (Å²) in [7, 11) is 0. The summed E-state index contributed by atoms with van der Waals surface area (Å²) in [4.78, 5) is 37.3. The highest BCUT2D eigenvalue weighted by Gasteiger charge is 2.46. The Bertz CT molecular complexity index is 947. The van der Waals surface area contributed by atoms with E-state index in [1.54, 1.807) is 48.5 Å². The average molecular weight is 430 g/mol. The molecule has 0 bridgehead atoms. The molecule has 6 nitrogen and oxygen atoms in total. The molecule has 0 spiro atoms. The van der Waals surface area contributed by atoms with Crippen LogP contribution in [0, 0.1) is 6.92 Å². The van der Waals surface area contributed by atoms with Crippen LogP contribution in [0.4, 0.5) is 0 Å². The van der Waals surface area contributed by atoms with Gasteiger partial charge >= 0.3 is 5.97 Å². The minimum atomic E-state index is -1.24. The molecule has 2 N–H and O–H groups in total. The fraction of sp³-hybridized carbons (Fsp3) is 0.150. The summed E-state index contributed by atoms with van der Waals surface area (Å²) in [6.07, 6.45) is 0. The van der Waals surface area contributed by atoms with Crippen molar-refractivity contribution in [3.8, 4) is 0 Å². The number of likely N-dealkylation sites (tertiary alicyclic amines) is 1. The fourth-order valence-corrected chi connectivity index (χ4v) is 3.31. The van der Waals surface area contributed by atoms with Gasteiger partial charge in [0.05, 0.1) is 11.6 Å². The van der Waals surface area contributed by atoms with Crippen LogP contribution in [0.5, 0.6) is 0 Å². The number of carboxylic acid groups (broad SMARTS) is 1. The van der Waals surface area contributed by atoms with Crippen molar-refractivity contribution >= 4 is 39.3 Å². The van der Waals surface area contributed by atoms with Gasteiger partial charge in [-0.2, -0.15) is 0 Å². The molecule has 27 heavy (non-hydrogen) atoms. The Morgan fingerprint density at radius 2 is 1.63 bits per heavy atom. The van der Waals surface area contributed by atoms with Gasteiger partial charge in [-0.1, -0.05) is 57.9 Å². The first kappa shape index (κ1) is 18.8. The molecule has 1 saturated heterocycles. The number of aliphatic carboxylic acids is 1. The first-order valence-electron chi connectivity index (χ1n) is 8.12. The maximum absolute atomic E-state index is 12.6. The molecule has 1 aliphatic rings. The molecule has 7 heteroatoms. The molecule has 1 atom stereocenters. The zero-order valence-corrected chi connectivity index (χ0v) is 15.9. The number of aliphatic hydroxyl groups is 1. The van der Waals surface area contributed by atoms with Gasteiger partial charge in [0.2, 0.25) is 0 Å². The summed E-state index contributed by atoms with van der Waals surface area (Å²) >= 11 is 3.32. The Morgan fingerprint density at radius 1 is 1.04 bits per heavy atom. The molecule has 2 aromatic carbocycles. The van der Waals surface area contributed by atoms with Crippen LogP contribution >= 0.6 is 15.9 Å². The van der Waals surface area contributed by atoms with E-state index in [1.165, 1.54) is 0 Å². The zero-order valence-electron chi connectivity index (χ0n) is 14.3. The van der Waals surface area contributed by atoms with Gasteiger partial charge in [-0.25, -0.2) is 0 Å². The van der Waals surface area contributed by atoms with Crippen LogP contribution in [0.25, 0.3) is 5.76 Å². The molecule has 1 fully saturated rings. The lowest BCUT2D eigenvalue weighted by Crippen LogP contribution is -2.34. The van der Waals surface area contributed by atoms with E-state index < -0.39 is 30.2 Å². The molecule has 0 aromatic heterocycles. The molecule has 1 aliphatic heterocycles. The molecular formula is C20H16BrNO5. The van der Waals surface area contributed by atoms with Crippen LogP contribution in [0.1, 0.15) is 22.7 Å². The SMILES string of the molecule is Cc1ccc(C(O)=C2C(=O)C(=O)N(CC(=O)O)[C@@H]2c2ccc(Br)cc2)cc1. The lowest BCUT2D eigenvalue weighted by Gasteiger charge is -2.23. The predicted octanol–water partition coefficient (Wildman–Crippen LogP) is 3.26. The van der Waals surface area contributed by atoms with Crippen molar-refractivity contribution in [1.82, 2.24) is 4.90 Å². The van der Waals surface area contributed by atoms with Crippen LogP contribution in [0.15, 0.2) is 58.6 Å². The Morgan fingerprint density at radius 3 is 2.19 bits per heavy atom. The second-order valence-corrected chi connectivity index (χ2v) is 7.15. The number of ketones is 1. The summed E-state index contributed by atoms with van der Waals surface area (Å²) in [5.74, 6) is -3.41. The van der Waals surface area contributed by atoms with Crippen LogP contribution in [-0.4, -0.2) is 39.3 Å². The van der Waals surface area contributed by atoms with E-state index in [-0.39, 0.29) is 11.3 Å². The minimum Gasteiger partial charge on any atom is -0.507 e. The highest BCUT2D eigenvalue weighted by Crippen LogP contribution is 2.39. The quantitative estimate of drug-likeness (QED) is 0.441. The first-order valence-corrected chi connectivity index (χ1v) is 8.91. The lowest BCUT2D eigenvalue weighted by atomic mass is 9.95. The second kappa shape index (κ2) is 7.36. The Balaban J connectivity index is 2.19. The number of aryl methyl sites for hydroxylation is 1. The van der Waals surface area contributed by atoms with Crippen molar-refractivity contribution in [2.75, 3.05) is 6.54 Å². The molecule has 0 aliphatic carbocycles. The average Bonchev–Trinajstić information content (AvgIpc) is 2.87. The number of benzene rings is 2. The number of Topliss-reactive ketones (excluding diaryl/α,β-unsaturated/α-hetero) is 1. The van der Waals surface area contributed by atoms with Crippen molar-refractivity contribution in [1.29, 1.82) is 0 Å². The first-order chi connectivity index (χ1) is 12.8. The third-order valence-electron chi connectivity index (χ3n) is 4.36. The molecule has 1 heterocycles. The number of aliphatic hydroxyl groups excluding tert-OH is 1. The van der Waals surface area contributed by atoms with E-state index >= 15 is 0 Å². The monoisotopic (exact) mass is 429 g/mol. The lowest BCUT2D eigenvalue weighted by molar-refractivity contribution is -0.146. The number of rotatable bonds is 4. The van der Waals surface area contributed by atoms with Gasteiger partial charge in [-0.3, -0.25) is 14.4 Å². The van der Waals surface area contributed by atoms with Gasteiger partial charge in [-0.15, -0.1) is 0 Å². The predicted molar refractivity (Wildman–Crippen MR) is 102 cm³/mol.